The van der Waals surface area contributed by atoms with Gasteiger partial charge in [-0.05, 0) is 37.6 Å². The monoisotopic (exact) mass is 295 g/mol. The number of anilines is 1. The van der Waals surface area contributed by atoms with Crippen molar-refractivity contribution in [2.75, 3.05) is 25.0 Å². The van der Waals surface area contributed by atoms with Gasteiger partial charge in [0.05, 0.1) is 0 Å². The molecule has 0 bridgehead atoms. The summed E-state index contributed by atoms with van der Waals surface area (Å²) >= 11 is 5.89. The lowest BCUT2D eigenvalue weighted by atomic mass is 10.0. The van der Waals surface area contributed by atoms with Crippen molar-refractivity contribution in [1.29, 1.82) is 0 Å². The van der Waals surface area contributed by atoms with Crippen molar-refractivity contribution in [3.05, 3.63) is 29.3 Å². The molecule has 110 valence electrons. The van der Waals surface area contributed by atoms with Gasteiger partial charge in [-0.2, -0.15) is 0 Å². The smallest absolute Gasteiger partial charge is 0.225 e. The summed E-state index contributed by atoms with van der Waals surface area (Å²) in [5.41, 5.74) is 6.53. The van der Waals surface area contributed by atoms with E-state index < -0.39 is 0 Å². The topological polar surface area (TPSA) is 58.4 Å². The highest BCUT2D eigenvalue weighted by atomic mass is 35.5. The minimum atomic E-state index is 0.0219. The zero-order chi connectivity index (χ0) is 14.4. The minimum absolute atomic E-state index is 0.0219. The fraction of sp³-hybridized carbons (Fsp3) is 0.533. The van der Waals surface area contributed by atoms with Gasteiger partial charge in [-0.15, -0.1) is 0 Å². The van der Waals surface area contributed by atoms with Crippen LogP contribution in [0.2, 0.25) is 5.02 Å². The zero-order valence-electron chi connectivity index (χ0n) is 11.6. The quantitative estimate of drug-likeness (QED) is 0.877. The maximum Gasteiger partial charge on any atom is 0.225 e. The second-order valence-corrected chi connectivity index (χ2v) is 5.67. The molecule has 1 unspecified atom stereocenters. The van der Waals surface area contributed by atoms with Crippen LogP contribution in [0.1, 0.15) is 25.7 Å². The highest BCUT2D eigenvalue weighted by Crippen LogP contribution is 2.17. The van der Waals surface area contributed by atoms with E-state index in [1.165, 1.54) is 12.8 Å². The summed E-state index contributed by atoms with van der Waals surface area (Å²) < 4.78 is 0. The van der Waals surface area contributed by atoms with Crippen molar-refractivity contribution in [3.63, 3.8) is 0 Å². The molecule has 0 aromatic heterocycles. The molecule has 0 spiro atoms. The summed E-state index contributed by atoms with van der Waals surface area (Å²) in [6.45, 7) is 2.50. The Kier molecular flexibility index (Phi) is 5.83. The van der Waals surface area contributed by atoms with E-state index in [1.807, 2.05) is 12.1 Å². The third kappa shape index (κ3) is 4.47. The summed E-state index contributed by atoms with van der Waals surface area (Å²) in [7, 11) is 0. The van der Waals surface area contributed by atoms with Gasteiger partial charge >= 0.3 is 0 Å². The minimum Gasteiger partial charge on any atom is -0.329 e. The highest BCUT2D eigenvalue weighted by molar-refractivity contribution is 6.30. The fourth-order valence-corrected chi connectivity index (χ4v) is 2.85. The molecule has 1 aromatic rings. The zero-order valence-corrected chi connectivity index (χ0v) is 12.4. The predicted molar refractivity (Wildman–Crippen MR) is 83.0 cm³/mol. The van der Waals surface area contributed by atoms with Crippen LogP contribution in [0.5, 0.6) is 0 Å². The van der Waals surface area contributed by atoms with Crippen LogP contribution in [0.4, 0.5) is 5.69 Å². The maximum absolute atomic E-state index is 11.9. The van der Waals surface area contributed by atoms with Crippen LogP contribution in [0.25, 0.3) is 0 Å². The fourth-order valence-electron chi connectivity index (χ4n) is 2.66. The largest absolute Gasteiger partial charge is 0.329 e. The van der Waals surface area contributed by atoms with Crippen LogP contribution in [0, 0.1) is 0 Å². The number of nitrogens with two attached hydrogens (primary N) is 1. The lowest BCUT2D eigenvalue weighted by Gasteiger charge is -2.34. The maximum atomic E-state index is 11.9. The number of benzene rings is 1. The average Bonchev–Trinajstić information content (AvgIpc) is 2.45. The first-order valence-electron chi connectivity index (χ1n) is 7.18. The second kappa shape index (κ2) is 7.62. The first-order valence-corrected chi connectivity index (χ1v) is 7.56. The van der Waals surface area contributed by atoms with Gasteiger partial charge in [0.25, 0.3) is 0 Å². The molecule has 20 heavy (non-hydrogen) atoms. The number of nitrogens with zero attached hydrogens (tertiary/aromatic N) is 1. The summed E-state index contributed by atoms with van der Waals surface area (Å²) in [5, 5.41) is 3.50. The SMILES string of the molecule is NCC1CCCCN1CCC(=O)Nc1cccc(Cl)c1. The summed E-state index contributed by atoms with van der Waals surface area (Å²) in [6, 6.07) is 7.64. The van der Waals surface area contributed by atoms with Gasteiger partial charge in [0.1, 0.15) is 0 Å². The number of nitrogens with one attached hydrogen (secondary N) is 1. The van der Waals surface area contributed by atoms with Crippen LogP contribution in [-0.2, 0) is 4.79 Å². The van der Waals surface area contributed by atoms with E-state index in [1.54, 1.807) is 12.1 Å². The number of likely N-dealkylation sites (tertiary alicyclic amines) is 1. The van der Waals surface area contributed by atoms with Crippen LogP contribution < -0.4 is 11.1 Å². The number of carbonyl (C=O) groups excluding carboxylic acids is 1. The molecule has 1 aliphatic rings. The number of halogens is 1. The molecule has 4 nitrogen and oxygen atoms in total. The molecule has 1 aromatic carbocycles. The van der Waals surface area contributed by atoms with Crippen molar-refractivity contribution in [2.24, 2.45) is 5.73 Å². The Labute approximate surface area is 125 Å². The van der Waals surface area contributed by atoms with E-state index in [0.717, 1.165) is 25.2 Å². The Morgan fingerprint density at radius 2 is 2.30 bits per heavy atom. The van der Waals surface area contributed by atoms with Gasteiger partial charge in [-0.25, -0.2) is 0 Å². The average molecular weight is 296 g/mol. The van der Waals surface area contributed by atoms with E-state index in [4.69, 9.17) is 17.3 Å². The summed E-state index contributed by atoms with van der Waals surface area (Å²) in [6.07, 6.45) is 4.08. The lowest BCUT2D eigenvalue weighted by molar-refractivity contribution is -0.116. The van der Waals surface area contributed by atoms with Gasteiger partial charge in [-0.3, -0.25) is 9.69 Å². The molecule has 1 atom stereocenters. The summed E-state index contributed by atoms with van der Waals surface area (Å²) in [4.78, 5) is 14.3. The van der Waals surface area contributed by atoms with Crippen LogP contribution >= 0.6 is 11.6 Å². The lowest BCUT2D eigenvalue weighted by Crippen LogP contribution is -2.45. The normalized spacial score (nSPS) is 19.8. The number of carbonyl (C=O) groups is 1. The van der Waals surface area contributed by atoms with Crippen molar-refractivity contribution in [1.82, 2.24) is 4.90 Å². The van der Waals surface area contributed by atoms with Gasteiger partial charge < -0.3 is 11.1 Å². The van der Waals surface area contributed by atoms with E-state index >= 15 is 0 Å². The third-order valence-corrected chi connectivity index (χ3v) is 3.99. The molecule has 0 aliphatic carbocycles. The molecular formula is C15H22ClN3O. The standard InChI is InChI=1S/C15H22ClN3O/c16-12-4-3-5-13(10-12)18-15(20)7-9-19-8-2-1-6-14(19)11-17/h3-5,10,14H,1-2,6-9,11,17H2,(H,18,20). The van der Waals surface area contributed by atoms with Gasteiger partial charge in [0.2, 0.25) is 5.91 Å². The van der Waals surface area contributed by atoms with Gasteiger partial charge in [0, 0.05) is 36.3 Å². The number of hydrogen-bond acceptors (Lipinski definition) is 3. The van der Waals surface area contributed by atoms with Gasteiger partial charge in [-0.1, -0.05) is 24.1 Å². The van der Waals surface area contributed by atoms with E-state index in [0.29, 0.717) is 24.0 Å². The molecular weight excluding hydrogens is 274 g/mol. The molecule has 5 heteroatoms. The molecule has 2 rings (SSSR count). The van der Waals surface area contributed by atoms with E-state index in [9.17, 15) is 4.79 Å². The van der Waals surface area contributed by atoms with Crippen molar-refractivity contribution < 1.29 is 4.79 Å². The Hall–Kier alpha value is -1.10. The number of amides is 1. The molecule has 1 saturated heterocycles. The third-order valence-electron chi connectivity index (χ3n) is 3.76. The second-order valence-electron chi connectivity index (χ2n) is 5.23. The molecule has 1 amide bonds. The highest BCUT2D eigenvalue weighted by Gasteiger charge is 2.21. The van der Waals surface area contributed by atoms with E-state index in [2.05, 4.69) is 10.2 Å². The number of hydrogen-bond donors (Lipinski definition) is 2. The van der Waals surface area contributed by atoms with E-state index in [-0.39, 0.29) is 5.91 Å². The Morgan fingerprint density at radius 1 is 1.45 bits per heavy atom. The van der Waals surface area contributed by atoms with Crippen LogP contribution in [0.3, 0.4) is 0 Å². The predicted octanol–water partition coefficient (Wildman–Crippen LogP) is 2.48. The molecule has 1 fully saturated rings. The Morgan fingerprint density at radius 3 is 3.05 bits per heavy atom. The number of piperidine rings is 1. The molecule has 3 N–H and O–H groups in total. The molecule has 1 aliphatic heterocycles. The molecule has 0 saturated carbocycles. The summed E-state index contributed by atoms with van der Waals surface area (Å²) in [5.74, 6) is 0.0219. The van der Waals surface area contributed by atoms with Crippen molar-refractivity contribution in [2.45, 2.75) is 31.7 Å². The first kappa shape index (κ1) is 15.3. The number of rotatable bonds is 5. The van der Waals surface area contributed by atoms with Gasteiger partial charge in [0.15, 0.2) is 0 Å². The van der Waals surface area contributed by atoms with Crippen LogP contribution in [0.15, 0.2) is 24.3 Å². The Balaban J connectivity index is 1.79. The molecule has 0 radical (unpaired) electrons. The van der Waals surface area contributed by atoms with Crippen molar-refractivity contribution >= 4 is 23.2 Å². The Bertz CT molecular complexity index is 452. The molecule has 1 heterocycles. The first-order chi connectivity index (χ1) is 9.69. The van der Waals surface area contributed by atoms with Crippen molar-refractivity contribution in [3.8, 4) is 0 Å². The van der Waals surface area contributed by atoms with Crippen LogP contribution in [-0.4, -0.2) is 36.5 Å².